The maximum Gasteiger partial charge on any atom is 0.419 e. The average Bonchev–Trinajstić information content (AvgIpc) is 2.44. The molecule has 0 aliphatic heterocycles. The minimum atomic E-state index is -4.96. The summed E-state index contributed by atoms with van der Waals surface area (Å²) in [6.45, 7) is 0. The number of carbonyl (C=O) groups excluding carboxylic acids is 1. The molecule has 0 atom stereocenters. The van der Waals surface area contributed by atoms with Crippen molar-refractivity contribution in [2.45, 2.75) is 12.4 Å². The third-order valence-electron chi connectivity index (χ3n) is 3.17. The summed E-state index contributed by atoms with van der Waals surface area (Å²) < 4.78 is 76.3. The zero-order valence-electron chi connectivity index (χ0n) is 11.5. The second kappa shape index (κ2) is 5.73. The zero-order chi connectivity index (χ0) is 18.3. The van der Waals surface area contributed by atoms with Gasteiger partial charge in [0, 0.05) is 0 Å². The van der Waals surface area contributed by atoms with Crippen LogP contribution in [0.1, 0.15) is 27.0 Å². The summed E-state index contributed by atoms with van der Waals surface area (Å²) in [6, 6.07) is 4.29. The van der Waals surface area contributed by atoms with Gasteiger partial charge in [-0.05, 0) is 24.3 Å². The highest BCUT2D eigenvalue weighted by molar-refractivity contribution is 6.12. The van der Waals surface area contributed by atoms with Crippen LogP contribution in [0, 0.1) is 0 Å². The van der Waals surface area contributed by atoms with Crippen LogP contribution >= 0.6 is 0 Å². The summed E-state index contributed by atoms with van der Waals surface area (Å²) in [5.74, 6) is -4.22. The van der Waals surface area contributed by atoms with Crippen molar-refractivity contribution in [1.29, 1.82) is 0 Å². The Morgan fingerprint density at radius 2 is 1.04 bits per heavy atom. The first-order chi connectivity index (χ1) is 10.9. The molecule has 0 aliphatic rings. The summed E-state index contributed by atoms with van der Waals surface area (Å²) in [5, 5.41) is 19.3. The minimum Gasteiger partial charge on any atom is -0.507 e. The van der Waals surface area contributed by atoms with Crippen LogP contribution in [-0.4, -0.2) is 16.0 Å². The number of hydrogen-bond acceptors (Lipinski definition) is 3. The van der Waals surface area contributed by atoms with Gasteiger partial charge in [-0.1, -0.05) is 12.1 Å². The van der Waals surface area contributed by atoms with Crippen LogP contribution in [0.4, 0.5) is 26.3 Å². The van der Waals surface area contributed by atoms with E-state index in [0.29, 0.717) is 12.1 Å². The van der Waals surface area contributed by atoms with Gasteiger partial charge >= 0.3 is 12.4 Å². The predicted molar refractivity (Wildman–Crippen MR) is 69.7 cm³/mol. The van der Waals surface area contributed by atoms with Gasteiger partial charge in [0.05, 0.1) is 22.3 Å². The molecule has 9 heteroatoms. The Hall–Kier alpha value is -2.71. The molecule has 3 nitrogen and oxygen atoms in total. The van der Waals surface area contributed by atoms with Crippen LogP contribution in [0.2, 0.25) is 0 Å². The topological polar surface area (TPSA) is 57.5 Å². The molecular formula is C15H8F6O3. The number of carbonyl (C=O) groups is 1. The summed E-state index contributed by atoms with van der Waals surface area (Å²) >= 11 is 0. The average molecular weight is 350 g/mol. The van der Waals surface area contributed by atoms with Crippen molar-refractivity contribution in [1.82, 2.24) is 0 Å². The summed E-state index contributed by atoms with van der Waals surface area (Å²) in [4.78, 5) is 12.2. The van der Waals surface area contributed by atoms with Crippen molar-refractivity contribution >= 4 is 5.78 Å². The molecule has 0 heterocycles. The van der Waals surface area contributed by atoms with Gasteiger partial charge in [-0.15, -0.1) is 0 Å². The van der Waals surface area contributed by atoms with Crippen molar-refractivity contribution < 1.29 is 41.4 Å². The molecule has 0 aromatic heterocycles. The number of phenolic OH excluding ortho intramolecular Hbond substituents is 2. The molecule has 0 bridgehead atoms. The fourth-order valence-corrected chi connectivity index (χ4v) is 2.06. The van der Waals surface area contributed by atoms with Crippen LogP contribution in [0.5, 0.6) is 11.5 Å². The number of aromatic hydroxyl groups is 2. The Balaban J connectivity index is 2.60. The van der Waals surface area contributed by atoms with E-state index in [0.717, 1.165) is 24.3 Å². The third kappa shape index (κ3) is 3.15. The molecule has 24 heavy (non-hydrogen) atoms. The number of alkyl halides is 6. The molecule has 128 valence electrons. The molecule has 0 radical (unpaired) electrons. The Bertz CT molecular complexity index is 727. The van der Waals surface area contributed by atoms with Gasteiger partial charge in [-0.2, -0.15) is 26.3 Å². The summed E-state index contributed by atoms with van der Waals surface area (Å²) in [5.41, 5.74) is -4.78. The molecule has 2 aromatic carbocycles. The van der Waals surface area contributed by atoms with E-state index in [2.05, 4.69) is 0 Å². The number of ketones is 1. The molecule has 0 fully saturated rings. The summed E-state index contributed by atoms with van der Waals surface area (Å²) in [6.07, 6.45) is -9.92. The lowest BCUT2D eigenvalue weighted by molar-refractivity contribution is -0.139. The van der Waals surface area contributed by atoms with Crippen molar-refractivity contribution in [3.8, 4) is 11.5 Å². The van der Waals surface area contributed by atoms with E-state index in [1.54, 1.807) is 0 Å². The van der Waals surface area contributed by atoms with Crippen molar-refractivity contribution in [3.63, 3.8) is 0 Å². The molecule has 2 N–H and O–H groups in total. The zero-order valence-corrected chi connectivity index (χ0v) is 11.5. The van der Waals surface area contributed by atoms with Crippen molar-refractivity contribution in [2.75, 3.05) is 0 Å². The van der Waals surface area contributed by atoms with Gasteiger partial charge in [-0.25, -0.2) is 0 Å². The lowest BCUT2D eigenvalue weighted by Crippen LogP contribution is -2.11. The van der Waals surface area contributed by atoms with Gasteiger partial charge in [-0.3, -0.25) is 4.79 Å². The maximum absolute atomic E-state index is 12.7. The van der Waals surface area contributed by atoms with Gasteiger partial charge in [0.2, 0.25) is 0 Å². The lowest BCUT2D eigenvalue weighted by atomic mass is 9.97. The predicted octanol–water partition coefficient (Wildman–Crippen LogP) is 4.37. The minimum absolute atomic E-state index is 0.512. The second-order valence-corrected chi connectivity index (χ2v) is 4.73. The van der Waals surface area contributed by atoms with Crippen molar-refractivity contribution in [2.24, 2.45) is 0 Å². The molecule has 0 saturated carbocycles. The number of phenols is 2. The van der Waals surface area contributed by atoms with Crippen LogP contribution in [0.25, 0.3) is 0 Å². The van der Waals surface area contributed by atoms with Crippen molar-refractivity contribution in [3.05, 3.63) is 58.7 Å². The van der Waals surface area contributed by atoms with Gasteiger partial charge in [0.1, 0.15) is 11.5 Å². The Labute approximate surface area is 130 Å². The smallest absolute Gasteiger partial charge is 0.419 e. The van der Waals surface area contributed by atoms with E-state index in [-0.39, 0.29) is 0 Å². The quantitative estimate of drug-likeness (QED) is 0.625. The first-order valence-corrected chi connectivity index (χ1v) is 6.27. The van der Waals surface area contributed by atoms with Gasteiger partial charge in [0.15, 0.2) is 5.78 Å². The van der Waals surface area contributed by atoms with E-state index in [1.165, 1.54) is 0 Å². The Morgan fingerprint density at radius 1 is 0.708 bits per heavy atom. The standard InChI is InChI=1S/C15H8F6O3/c16-14(17,18)9-5-1-3-7(12(9)23)11(22)8-4-2-6-10(13(8)24)15(19,20)21/h1-6,23-24H. The Morgan fingerprint density at radius 3 is 1.33 bits per heavy atom. The fraction of sp³-hybridized carbons (Fsp3) is 0.133. The first-order valence-electron chi connectivity index (χ1n) is 6.27. The highest BCUT2D eigenvalue weighted by atomic mass is 19.4. The molecule has 0 aliphatic carbocycles. The SMILES string of the molecule is O=C(c1cccc(C(F)(F)F)c1O)c1cccc(C(F)(F)F)c1O. The second-order valence-electron chi connectivity index (χ2n) is 4.73. The molecule has 0 amide bonds. The van der Waals surface area contributed by atoms with E-state index < -0.39 is 51.9 Å². The highest BCUT2D eigenvalue weighted by Gasteiger charge is 2.38. The first kappa shape index (κ1) is 17.6. The molecular weight excluding hydrogens is 342 g/mol. The van der Waals surface area contributed by atoms with Gasteiger partial charge < -0.3 is 10.2 Å². The highest BCUT2D eigenvalue weighted by Crippen LogP contribution is 2.41. The van der Waals surface area contributed by atoms with Crippen LogP contribution < -0.4 is 0 Å². The van der Waals surface area contributed by atoms with Gasteiger partial charge in [0.25, 0.3) is 0 Å². The number of benzene rings is 2. The third-order valence-corrected chi connectivity index (χ3v) is 3.17. The van der Waals surface area contributed by atoms with Crippen LogP contribution in [0.3, 0.4) is 0 Å². The Kier molecular flexibility index (Phi) is 4.21. The molecule has 0 saturated heterocycles. The van der Waals surface area contributed by atoms with Crippen LogP contribution in [0.15, 0.2) is 36.4 Å². The largest absolute Gasteiger partial charge is 0.507 e. The monoisotopic (exact) mass is 350 g/mol. The normalized spacial score (nSPS) is 12.2. The van der Waals surface area contributed by atoms with E-state index in [9.17, 15) is 41.4 Å². The molecule has 0 unspecified atom stereocenters. The number of para-hydroxylation sites is 2. The number of hydrogen-bond donors (Lipinski definition) is 2. The van der Waals surface area contributed by atoms with E-state index in [4.69, 9.17) is 0 Å². The fourth-order valence-electron chi connectivity index (χ4n) is 2.06. The molecule has 2 aromatic rings. The molecule has 2 rings (SSSR count). The van der Waals surface area contributed by atoms with E-state index in [1.807, 2.05) is 0 Å². The van der Waals surface area contributed by atoms with E-state index >= 15 is 0 Å². The lowest BCUT2D eigenvalue weighted by Gasteiger charge is -2.14. The number of rotatable bonds is 2. The van der Waals surface area contributed by atoms with Crippen LogP contribution in [-0.2, 0) is 12.4 Å². The maximum atomic E-state index is 12.7. The number of halogens is 6. The molecule has 0 spiro atoms. The summed E-state index contributed by atoms with van der Waals surface area (Å²) in [7, 11) is 0.